The smallest absolute Gasteiger partial charge is 0.0529 e. The first-order valence-electron chi connectivity index (χ1n) is 12.0. The Balaban J connectivity index is 1.42. The molecule has 160 valence electrons. The van der Waals surface area contributed by atoms with E-state index in [1.54, 1.807) is 5.56 Å². The van der Waals surface area contributed by atoms with Crippen LogP contribution in [0.3, 0.4) is 0 Å². The summed E-state index contributed by atoms with van der Waals surface area (Å²) in [7, 11) is 0. The number of rotatable bonds is 4. The zero-order valence-corrected chi connectivity index (χ0v) is 18.7. The third-order valence-electron chi connectivity index (χ3n) is 7.99. The van der Waals surface area contributed by atoms with E-state index in [-0.39, 0.29) is 0 Å². The van der Waals surface area contributed by atoms with Crippen molar-refractivity contribution in [1.29, 1.82) is 0 Å². The second-order valence-electron chi connectivity index (χ2n) is 10.1. The van der Waals surface area contributed by atoms with E-state index in [4.69, 9.17) is 0 Å². The molecule has 3 fully saturated rings. The number of hydrogen-bond donors (Lipinski definition) is 1. The lowest BCUT2D eigenvalue weighted by molar-refractivity contribution is -0.0430. The van der Waals surface area contributed by atoms with Gasteiger partial charge in [0.15, 0.2) is 0 Å². The Kier molecular flexibility index (Phi) is 5.59. The van der Waals surface area contributed by atoms with Crippen LogP contribution in [0.4, 0.5) is 5.69 Å². The van der Waals surface area contributed by atoms with Crippen LogP contribution >= 0.6 is 0 Å². The van der Waals surface area contributed by atoms with Gasteiger partial charge in [0.1, 0.15) is 0 Å². The van der Waals surface area contributed by atoms with Gasteiger partial charge in [-0.25, -0.2) is 0 Å². The van der Waals surface area contributed by atoms with E-state index >= 15 is 0 Å². The molecule has 1 spiro atoms. The van der Waals surface area contributed by atoms with E-state index in [2.05, 4.69) is 83.6 Å². The first kappa shape index (κ1) is 20.1. The Morgan fingerprint density at radius 3 is 2.33 bits per heavy atom. The molecule has 30 heavy (non-hydrogen) atoms. The van der Waals surface area contributed by atoms with Crippen molar-refractivity contribution in [2.45, 2.75) is 57.5 Å². The largest absolute Gasteiger partial charge is 0.368 e. The van der Waals surface area contributed by atoms with Gasteiger partial charge in [0, 0.05) is 31.4 Å². The average Bonchev–Trinajstić information content (AvgIpc) is 2.78. The maximum absolute atomic E-state index is 3.56. The molecule has 1 aliphatic carbocycles. The van der Waals surface area contributed by atoms with Crippen molar-refractivity contribution in [2.24, 2.45) is 5.41 Å². The first-order valence-corrected chi connectivity index (χ1v) is 12.0. The molecule has 1 atom stereocenters. The van der Waals surface area contributed by atoms with Gasteiger partial charge in [0.25, 0.3) is 0 Å². The second-order valence-corrected chi connectivity index (χ2v) is 10.1. The van der Waals surface area contributed by atoms with Gasteiger partial charge in [-0.3, -0.25) is 4.90 Å². The Bertz CT molecular complexity index is 832. The monoisotopic (exact) mass is 403 g/mol. The van der Waals surface area contributed by atoms with Gasteiger partial charge in [0.2, 0.25) is 0 Å². The van der Waals surface area contributed by atoms with Gasteiger partial charge >= 0.3 is 0 Å². The number of anilines is 1. The third-order valence-corrected chi connectivity index (χ3v) is 7.99. The molecule has 3 nitrogen and oxygen atoms in total. The molecule has 1 saturated carbocycles. The first-order chi connectivity index (χ1) is 14.7. The lowest BCUT2D eigenvalue weighted by Crippen LogP contribution is -2.59. The number of piperazine rings is 1. The summed E-state index contributed by atoms with van der Waals surface area (Å²) in [4.78, 5) is 5.49. The summed E-state index contributed by atoms with van der Waals surface area (Å²) < 4.78 is 0. The minimum absolute atomic E-state index is 0.488. The molecule has 5 rings (SSSR count). The lowest BCUT2D eigenvalue weighted by atomic mass is 9.60. The van der Waals surface area contributed by atoms with Crippen LogP contribution in [0.2, 0.25) is 0 Å². The van der Waals surface area contributed by atoms with Crippen LogP contribution < -0.4 is 10.2 Å². The maximum Gasteiger partial charge on any atom is 0.0529 e. The minimum atomic E-state index is 0.488. The average molecular weight is 404 g/mol. The molecular weight excluding hydrogens is 366 g/mol. The van der Waals surface area contributed by atoms with Crippen LogP contribution in [0.5, 0.6) is 0 Å². The Morgan fingerprint density at radius 2 is 1.60 bits per heavy atom. The molecule has 2 heterocycles. The van der Waals surface area contributed by atoms with Crippen LogP contribution in [-0.2, 0) is 0 Å². The number of hydrogen-bond acceptors (Lipinski definition) is 3. The van der Waals surface area contributed by atoms with Crippen molar-refractivity contribution in [3.05, 3.63) is 65.7 Å². The topological polar surface area (TPSA) is 18.5 Å². The highest BCUT2D eigenvalue weighted by Crippen LogP contribution is 2.52. The maximum atomic E-state index is 3.56. The van der Waals surface area contributed by atoms with Crippen LogP contribution in [-0.4, -0.2) is 43.7 Å². The van der Waals surface area contributed by atoms with E-state index in [1.165, 1.54) is 56.6 Å². The van der Waals surface area contributed by atoms with E-state index in [0.29, 0.717) is 17.4 Å². The number of piperidine rings is 1. The Morgan fingerprint density at radius 1 is 0.900 bits per heavy atom. The molecular formula is C27H37N3. The van der Waals surface area contributed by atoms with Crippen LogP contribution in [0.1, 0.15) is 62.6 Å². The summed E-state index contributed by atoms with van der Waals surface area (Å²) in [6, 6.07) is 21.5. The fourth-order valence-corrected chi connectivity index (χ4v) is 6.26. The van der Waals surface area contributed by atoms with Crippen LogP contribution in [0, 0.1) is 5.41 Å². The van der Waals surface area contributed by atoms with Gasteiger partial charge in [-0.05, 0) is 73.4 Å². The molecule has 0 radical (unpaired) electrons. The van der Waals surface area contributed by atoms with Crippen LogP contribution in [0.15, 0.2) is 54.6 Å². The summed E-state index contributed by atoms with van der Waals surface area (Å²) in [5.41, 5.74) is 5.08. The normalized spacial score (nSPS) is 24.9. The van der Waals surface area contributed by atoms with E-state index < -0.39 is 0 Å². The van der Waals surface area contributed by atoms with E-state index in [1.807, 2.05) is 0 Å². The molecule has 3 heteroatoms. The molecule has 0 aromatic heterocycles. The van der Waals surface area contributed by atoms with Gasteiger partial charge in [0.05, 0.1) is 6.04 Å². The minimum Gasteiger partial charge on any atom is -0.368 e. The summed E-state index contributed by atoms with van der Waals surface area (Å²) in [5.74, 6) is 0.562. The molecule has 1 N–H and O–H groups in total. The van der Waals surface area contributed by atoms with E-state index in [0.717, 1.165) is 19.1 Å². The zero-order valence-electron chi connectivity index (χ0n) is 18.7. The van der Waals surface area contributed by atoms with Crippen molar-refractivity contribution in [2.75, 3.05) is 37.6 Å². The number of para-hydroxylation sites is 1. The molecule has 1 unspecified atom stereocenters. The van der Waals surface area contributed by atoms with Crippen LogP contribution in [0.25, 0.3) is 0 Å². The highest BCUT2D eigenvalue weighted by Gasteiger charge is 2.49. The molecule has 0 bridgehead atoms. The van der Waals surface area contributed by atoms with Gasteiger partial charge in [-0.2, -0.15) is 0 Å². The van der Waals surface area contributed by atoms with Crippen molar-refractivity contribution in [1.82, 2.24) is 10.2 Å². The highest BCUT2D eigenvalue weighted by atomic mass is 15.3. The number of nitrogens with zero attached hydrogens (tertiary/aromatic N) is 2. The molecule has 2 saturated heterocycles. The Labute approximate surface area is 182 Å². The summed E-state index contributed by atoms with van der Waals surface area (Å²) in [5, 5.41) is 3.56. The standard InChI is InChI=1S/C27H37N3/c1-21(2)24-10-6-7-11-25(24)26-20-29(22-8-4-3-5-9-22)16-17-30(26)23-18-27(19-23)12-14-28-15-13-27/h3-11,21,23,26,28H,12-20H2,1-2H3. The SMILES string of the molecule is CC(C)c1ccccc1C1CN(c2ccccc2)CCN1C1CC2(CCNCC2)C1. The third kappa shape index (κ3) is 3.78. The highest BCUT2D eigenvalue weighted by molar-refractivity contribution is 5.48. The predicted molar refractivity (Wildman–Crippen MR) is 126 cm³/mol. The fraction of sp³-hybridized carbons (Fsp3) is 0.556. The fourth-order valence-electron chi connectivity index (χ4n) is 6.26. The molecule has 2 aliphatic heterocycles. The molecule has 2 aromatic rings. The molecule has 0 amide bonds. The summed E-state index contributed by atoms with van der Waals surface area (Å²) in [6.07, 6.45) is 5.56. The summed E-state index contributed by atoms with van der Waals surface area (Å²) in [6.45, 7) is 10.5. The second kappa shape index (κ2) is 8.36. The number of benzene rings is 2. The van der Waals surface area contributed by atoms with Crippen molar-refractivity contribution in [3.63, 3.8) is 0 Å². The van der Waals surface area contributed by atoms with Gasteiger partial charge < -0.3 is 10.2 Å². The van der Waals surface area contributed by atoms with Crippen molar-refractivity contribution < 1.29 is 0 Å². The van der Waals surface area contributed by atoms with Gasteiger partial charge in [-0.1, -0.05) is 56.3 Å². The Hall–Kier alpha value is -1.84. The predicted octanol–water partition coefficient (Wildman–Crippen LogP) is 5.21. The van der Waals surface area contributed by atoms with Gasteiger partial charge in [-0.15, -0.1) is 0 Å². The van der Waals surface area contributed by atoms with E-state index in [9.17, 15) is 0 Å². The molecule has 2 aromatic carbocycles. The number of nitrogens with one attached hydrogen (secondary N) is 1. The van der Waals surface area contributed by atoms with Crippen molar-refractivity contribution in [3.8, 4) is 0 Å². The quantitative estimate of drug-likeness (QED) is 0.756. The zero-order chi connectivity index (χ0) is 20.6. The lowest BCUT2D eigenvalue weighted by Gasteiger charge is -2.57. The summed E-state index contributed by atoms with van der Waals surface area (Å²) >= 11 is 0. The van der Waals surface area contributed by atoms with Crippen molar-refractivity contribution >= 4 is 5.69 Å². The molecule has 3 aliphatic rings.